The van der Waals surface area contributed by atoms with Crippen LogP contribution in [0.5, 0.6) is 0 Å². The summed E-state index contributed by atoms with van der Waals surface area (Å²) in [4.78, 5) is 0. The highest BCUT2D eigenvalue weighted by atomic mass is 31.0. The fourth-order valence-electron chi connectivity index (χ4n) is 0. The molecule has 0 aromatic carbocycles. The first-order valence-electron chi connectivity index (χ1n) is 1.00. The molecule has 0 aromatic heterocycles. The second-order valence-corrected chi connectivity index (χ2v) is 0. The van der Waals surface area contributed by atoms with Gasteiger partial charge < -0.3 is 0 Å². The van der Waals surface area contributed by atoms with Gasteiger partial charge in [0.2, 0.25) is 0 Å². The minimum absolute atomic E-state index is 0. The molecular weight excluding hydrogens is 139 g/mol. The Morgan fingerprint density at radius 2 is 0.400 bits per heavy atom. The Morgan fingerprint density at radius 1 is 0.400 bits per heavy atom. The van der Waals surface area contributed by atoms with Gasteiger partial charge >= 0.3 is 0 Å². The van der Waals surface area contributed by atoms with Gasteiger partial charge in [0.15, 0.2) is 0 Å². The first-order chi connectivity index (χ1) is 1.00. The summed E-state index contributed by atoms with van der Waals surface area (Å²) in [5.41, 5.74) is 0. The van der Waals surface area contributed by atoms with Gasteiger partial charge in [0, 0.05) is 0 Å². The third-order valence-corrected chi connectivity index (χ3v) is 0. The van der Waals surface area contributed by atoms with Crippen molar-refractivity contribution in [2.24, 2.45) is 0 Å². The molecule has 0 fully saturated rings. The SMILES string of the molecule is C.C.C.C.C.C.C.CC.P. The molecular formula is C9H37P. The number of hydrogen-bond donors (Lipinski definition) is 0. The van der Waals surface area contributed by atoms with E-state index in [1.54, 1.807) is 0 Å². The Morgan fingerprint density at radius 3 is 0.400 bits per heavy atom. The van der Waals surface area contributed by atoms with Crippen LogP contribution in [-0.4, -0.2) is 0 Å². The van der Waals surface area contributed by atoms with E-state index in [-0.39, 0.29) is 61.9 Å². The average molecular weight is 176 g/mol. The molecule has 1 heteroatoms. The Hall–Kier alpha value is 0.430. The first-order valence-corrected chi connectivity index (χ1v) is 1.00. The van der Waals surface area contributed by atoms with Gasteiger partial charge in [-0.1, -0.05) is 65.8 Å². The van der Waals surface area contributed by atoms with Gasteiger partial charge in [-0.2, -0.15) is 9.90 Å². The van der Waals surface area contributed by atoms with Crippen LogP contribution in [0.2, 0.25) is 0 Å². The lowest BCUT2D eigenvalue weighted by molar-refractivity contribution is 1.50. The van der Waals surface area contributed by atoms with Crippen molar-refractivity contribution in [3.05, 3.63) is 0 Å². The van der Waals surface area contributed by atoms with Crippen molar-refractivity contribution in [1.29, 1.82) is 0 Å². The molecule has 0 N–H and O–H groups in total. The van der Waals surface area contributed by atoms with Gasteiger partial charge in [0.1, 0.15) is 0 Å². The van der Waals surface area contributed by atoms with E-state index in [2.05, 4.69) is 0 Å². The monoisotopic (exact) mass is 176 g/mol. The van der Waals surface area contributed by atoms with E-state index in [1.165, 1.54) is 0 Å². The number of hydrogen-bond acceptors (Lipinski definition) is 0. The maximum Gasteiger partial charge on any atom is -0.0683 e. The van der Waals surface area contributed by atoms with E-state index in [1.807, 2.05) is 13.8 Å². The van der Waals surface area contributed by atoms with E-state index in [4.69, 9.17) is 0 Å². The predicted molar refractivity (Wildman–Crippen MR) is 69.6 cm³/mol. The van der Waals surface area contributed by atoms with Gasteiger partial charge in [-0.3, -0.25) is 0 Å². The molecule has 1 atom stereocenters. The molecule has 0 heterocycles. The molecule has 0 aromatic rings. The zero-order valence-electron chi connectivity index (χ0n) is 2.71. The minimum atomic E-state index is 0. The quantitative estimate of drug-likeness (QED) is 0.425. The summed E-state index contributed by atoms with van der Waals surface area (Å²) in [6.45, 7) is 4.00. The van der Waals surface area contributed by atoms with Gasteiger partial charge in [-0.05, 0) is 0 Å². The molecule has 0 amide bonds. The van der Waals surface area contributed by atoms with Crippen LogP contribution in [-0.2, 0) is 0 Å². The Labute approximate surface area is 76.5 Å². The molecule has 0 nitrogen and oxygen atoms in total. The maximum absolute atomic E-state index is 2.00. The van der Waals surface area contributed by atoms with E-state index in [0.29, 0.717) is 0 Å². The van der Waals surface area contributed by atoms with E-state index in [0.717, 1.165) is 0 Å². The van der Waals surface area contributed by atoms with Gasteiger partial charge in [-0.15, -0.1) is 0 Å². The van der Waals surface area contributed by atoms with Crippen molar-refractivity contribution in [1.82, 2.24) is 0 Å². The topological polar surface area (TPSA) is 0 Å². The summed E-state index contributed by atoms with van der Waals surface area (Å²) in [5.74, 6) is 0. The van der Waals surface area contributed by atoms with Crippen LogP contribution in [0.4, 0.5) is 0 Å². The molecule has 0 saturated carbocycles. The third kappa shape index (κ3) is 2520. The number of rotatable bonds is 0. The zero-order valence-corrected chi connectivity index (χ0v) is 4.12. The van der Waals surface area contributed by atoms with Gasteiger partial charge in [0.25, 0.3) is 0 Å². The van der Waals surface area contributed by atoms with Crippen LogP contribution in [0, 0.1) is 0 Å². The molecule has 1 unspecified atom stereocenters. The van der Waals surface area contributed by atoms with E-state index in [9.17, 15) is 0 Å². The molecule has 0 spiro atoms. The van der Waals surface area contributed by atoms with Crippen LogP contribution >= 0.6 is 9.90 Å². The first kappa shape index (κ1) is 454. The largest absolute Gasteiger partial charge is 0.153 e. The molecule has 10 heavy (non-hydrogen) atoms. The lowest BCUT2D eigenvalue weighted by atomic mass is 11.0. The molecule has 0 bridgehead atoms. The fourth-order valence-corrected chi connectivity index (χ4v) is 0. The van der Waals surface area contributed by atoms with Crippen molar-refractivity contribution >= 4 is 9.90 Å². The van der Waals surface area contributed by atoms with E-state index >= 15 is 0 Å². The van der Waals surface area contributed by atoms with Crippen molar-refractivity contribution in [2.45, 2.75) is 65.8 Å². The average Bonchev–Trinajstić information content (AvgIpc) is 1.00. The normalized spacial score (nSPS) is 0.600. The molecule has 0 rings (SSSR count). The Balaban J connectivity index is -0.000000000179. The fraction of sp³-hybridized carbons (Fsp3) is 1.00. The maximum atomic E-state index is 2.00. The van der Waals surface area contributed by atoms with Crippen LogP contribution in [0.1, 0.15) is 65.8 Å². The smallest absolute Gasteiger partial charge is 0.0683 e. The minimum Gasteiger partial charge on any atom is -0.153 e. The summed E-state index contributed by atoms with van der Waals surface area (Å²) >= 11 is 0. The van der Waals surface area contributed by atoms with Crippen molar-refractivity contribution < 1.29 is 0 Å². The molecule has 78 valence electrons. The van der Waals surface area contributed by atoms with Crippen LogP contribution < -0.4 is 0 Å². The summed E-state index contributed by atoms with van der Waals surface area (Å²) in [6, 6.07) is 0. The predicted octanol–water partition coefficient (Wildman–Crippen LogP) is 5.54. The molecule has 0 aliphatic carbocycles. The lowest BCUT2D eigenvalue weighted by Gasteiger charge is -1.07. The second-order valence-electron chi connectivity index (χ2n) is 0. The summed E-state index contributed by atoms with van der Waals surface area (Å²) in [6.07, 6.45) is 0. The molecule has 0 radical (unpaired) electrons. The van der Waals surface area contributed by atoms with Crippen molar-refractivity contribution in [3.8, 4) is 0 Å². The van der Waals surface area contributed by atoms with Crippen molar-refractivity contribution in [2.75, 3.05) is 0 Å². The van der Waals surface area contributed by atoms with Gasteiger partial charge in [0.05, 0.1) is 0 Å². The highest BCUT2D eigenvalue weighted by molar-refractivity contribution is 6.92. The summed E-state index contributed by atoms with van der Waals surface area (Å²) in [7, 11) is 0. The Kier molecular flexibility index (Phi) is 164000. The molecule has 0 aliphatic heterocycles. The van der Waals surface area contributed by atoms with Gasteiger partial charge in [-0.25, -0.2) is 0 Å². The summed E-state index contributed by atoms with van der Waals surface area (Å²) in [5, 5.41) is 0. The standard InChI is InChI=1S/C2H6.7CH4.H3P/c1-2;;;;;;;;/h1-2H3;7*1H4;1H3. The lowest BCUT2D eigenvalue weighted by Crippen LogP contribution is -0.856. The van der Waals surface area contributed by atoms with Crippen LogP contribution in [0.25, 0.3) is 0 Å². The van der Waals surface area contributed by atoms with Crippen LogP contribution in [0.15, 0.2) is 0 Å². The van der Waals surface area contributed by atoms with E-state index < -0.39 is 0 Å². The Bertz CT molecular complexity index is 4.69. The molecule has 0 aliphatic rings. The highest BCUT2D eigenvalue weighted by Crippen LogP contribution is 1.14. The van der Waals surface area contributed by atoms with Crippen molar-refractivity contribution in [3.63, 3.8) is 0 Å². The third-order valence-electron chi connectivity index (χ3n) is 0. The molecule has 0 saturated heterocycles. The highest BCUT2D eigenvalue weighted by Gasteiger charge is 0.932. The van der Waals surface area contributed by atoms with Crippen LogP contribution in [0.3, 0.4) is 0 Å². The second kappa shape index (κ2) is 3620. The zero-order chi connectivity index (χ0) is 2.00. The summed E-state index contributed by atoms with van der Waals surface area (Å²) < 4.78 is 0.